The van der Waals surface area contributed by atoms with Crippen LogP contribution in [0.25, 0.3) is 0 Å². The smallest absolute Gasteiger partial charge is 0.175 e. The van der Waals surface area contributed by atoms with Crippen molar-refractivity contribution < 1.29 is 9.94 Å². The standard InChI is InChI=1S/C15H15NO2/c17-12-15(14-9-5-2-6-10-14)18-16-11-13-7-3-1-4-8-13/h1-11,15,17H,12H2/b16-11+/t15-/m0/s1. The molecule has 2 rings (SSSR count). The Labute approximate surface area is 106 Å². The first-order valence-electron chi connectivity index (χ1n) is 5.80. The predicted octanol–water partition coefficient (Wildman–Crippen LogP) is 2.77. The number of aliphatic hydroxyl groups excluding tert-OH is 1. The van der Waals surface area contributed by atoms with Crippen LogP contribution in [0, 0.1) is 0 Å². The van der Waals surface area contributed by atoms with Gasteiger partial charge in [-0.2, -0.15) is 0 Å². The van der Waals surface area contributed by atoms with Crippen LogP contribution in [0.1, 0.15) is 17.2 Å². The lowest BCUT2D eigenvalue weighted by atomic mass is 10.1. The highest BCUT2D eigenvalue weighted by molar-refractivity contribution is 5.78. The molecule has 1 N–H and O–H groups in total. The summed E-state index contributed by atoms with van der Waals surface area (Å²) in [4.78, 5) is 5.30. The van der Waals surface area contributed by atoms with Crippen LogP contribution in [0.4, 0.5) is 0 Å². The summed E-state index contributed by atoms with van der Waals surface area (Å²) in [6.45, 7) is -0.101. The van der Waals surface area contributed by atoms with Crippen molar-refractivity contribution in [2.75, 3.05) is 6.61 Å². The van der Waals surface area contributed by atoms with Gasteiger partial charge in [-0.25, -0.2) is 0 Å². The average molecular weight is 241 g/mol. The Balaban J connectivity index is 1.98. The van der Waals surface area contributed by atoms with E-state index in [2.05, 4.69) is 5.16 Å². The SMILES string of the molecule is OC[C@H](O/N=C/c1ccccc1)c1ccccc1. The van der Waals surface area contributed by atoms with Gasteiger partial charge >= 0.3 is 0 Å². The van der Waals surface area contributed by atoms with Crippen molar-refractivity contribution in [2.45, 2.75) is 6.10 Å². The molecule has 0 aromatic heterocycles. The molecule has 0 saturated heterocycles. The molecule has 92 valence electrons. The molecule has 0 unspecified atom stereocenters. The molecule has 0 aliphatic heterocycles. The third-order valence-corrected chi connectivity index (χ3v) is 2.53. The van der Waals surface area contributed by atoms with Gasteiger partial charge in [0.1, 0.15) is 0 Å². The number of oxime groups is 1. The first-order valence-corrected chi connectivity index (χ1v) is 5.80. The number of hydrogen-bond donors (Lipinski definition) is 1. The van der Waals surface area contributed by atoms with Crippen LogP contribution < -0.4 is 0 Å². The molecule has 0 fully saturated rings. The molecule has 0 radical (unpaired) electrons. The van der Waals surface area contributed by atoms with Crippen LogP contribution >= 0.6 is 0 Å². The van der Waals surface area contributed by atoms with Crippen LogP contribution in [0.15, 0.2) is 65.8 Å². The maximum Gasteiger partial charge on any atom is 0.175 e. The topological polar surface area (TPSA) is 41.8 Å². The van der Waals surface area contributed by atoms with E-state index in [9.17, 15) is 5.11 Å². The summed E-state index contributed by atoms with van der Waals surface area (Å²) in [7, 11) is 0. The second kappa shape index (κ2) is 6.57. The largest absolute Gasteiger partial charge is 0.392 e. The average Bonchev–Trinajstić information content (AvgIpc) is 2.46. The van der Waals surface area contributed by atoms with Gasteiger partial charge < -0.3 is 9.94 Å². The van der Waals surface area contributed by atoms with Crippen molar-refractivity contribution in [2.24, 2.45) is 5.16 Å². The first-order chi connectivity index (χ1) is 8.90. The van der Waals surface area contributed by atoms with E-state index in [1.807, 2.05) is 60.7 Å². The molecule has 3 heteroatoms. The minimum Gasteiger partial charge on any atom is -0.392 e. The van der Waals surface area contributed by atoms with Crippen molar-refractivity contribution in [3.63, 3.8) is 0 Å². The van der Waals surface area contributed by atoms with Gasteiger partial charge in [-0.05, 0) is 11.1 Å². The molecule has 0 aliphatic rings. The lowest BCUT2D eigenvalue weighted by Gasteiger charge is -2.11. The van der Waals surface area contributed by atoms with Crippen LogP contribution in [-0.2, 0) is 4.84 Å². The molecule has 0 bridgehead atoms. The zero-order chi connectivity index (χ0) is 12.6. The fraction of sp³-hybridized carbons (Fsp3) is 0.133. The Morgan fingerprint density at radius 2 is 1.61 bits per heavy atom. The van der Waals surface area contributed by atoms with Crippen LogP contribution in [0.2, 0.25) is 0 Å². The molecule has 0 spiro atoms. The van der Waals surface area contributed by atoms with Gasteiger partial charge in [-0.1, -0.05) is 65.8 Å². The maximum absolute atomic E-state index is 9.28. The van der Waals surface area contributed by atoms with Crippen LogP contribution in [0.3, 0.4) is 0 Å². The fourth-order valence-electron chi connectivity index (χ4n) is 1.57. The summed E-state index contributed by atoms with van der Waals surface area (Å²) in [6.07, 6.45) is 1.21. The molecule has 2 aromatic carbocycles. The number of nitrogens with zero attached hydrogens (tertiary/aromatic N) is 1. The van der Waals surface area contributed by atoms with Crippen LogP contribution in [0.5, 0.6) is 0 Å². The highest BCUT2D eigenvalue weighted by Gasteiger charge is 2.09. The molecular weight excluding hydrogens is 226 g/mol. The van der Waals surface area contributed by atoms with Gasteiger partial charge in [-0.15, -0.1) is 0 Å². The lowest BCUT2D eigenvalue weighted by molar-refractivity contribution is 0.0163. The number of aliphatic hydroxyl groups is 1. The molecule has 18 heavy (non-hydrogen) atoms. The Morgan fingerprint density at radius 1 is 1.00 bits per heavy atom. The molecule has 0 saturated carbocycles. The predicted molar refractivity (Wildman–Crippen MR) is 71.4 cm³/mol. The van der Waals surface area contributed by atoms with E-state index in [4.69, 9.17) is 4.84 Å². The number of rotatable bonds is 5. The molecule has 0 amide bonds. The Hall–Kier alpha value is -2.13. The zero-order valence-corrected chi connectivity index (χ0v) is 9.94. The maximum atomic E-state index is 9.28. The molecule has 0 heterocycles. The summed E-state index contributed by atoms with van der Waals surface area (Å²) < 4.78 is 0. The van der Waals surface area contributed by atoms with Crippen molar-refractivity contribution in [1.29, 1.82) is 0 Å². The van der Waals surface area contributed by atoms with Crippen molar-refractivity contribution in [3.05, 3.63) is 71.8 Å². The van der Waals surface area contributed by atoms with Gasteiger partial charge in [0.25, 0.3) is 0 Å². The number of hydrogen-bond acceptors (Lipinski definition) is 3. The summed E-state index contributed by atoms with van der Waals surface area (Å²) >= 11 is 0. The quantitative estimate of drug-likeness (QED) is 0.646. The van der Waals surface area contributed by atoms with E-state index in [-0.39, 0.29) is 6.61 Å². The highest BCUT2D eigenvalue weighted by atomic mass is 16.6. The lowest BCUT2D eigenvalue weighted by Crippen LogP contribution is -2.05. The van der Waals surface area contributed by atoms with Crippen molar-refractivity contribution in [3.8, 4) is 0 Å². The minimum absolute atomic E-state index is 0.101. The summed E-state index contributed by atoms with van der Waals surface area (Å²) in [5.41, 5.74) is 1.87. The molecule has 2 aromatic rings. The monoisotopic (exact) mass is 241 g/mol. The molecule has 1 atom stereocenters. The fourth-order valence-corrected chi connectivity index (χ4v) is 1.57. The van der Waals surface area contributed by atoms with Gasteiger partial charge in [0.2, 0.25) is 0 Å². The third-order valence-electron chi connectivity index (χ3n) is 2.53. The van der Waals surface area contributed by atoms with Gasteiger partial charge in [0, 0.05) is 0 Å². The molecule has 0 aliphatic carbocycles. The van der Waals surface area contributed by atoms with E-state index < -0.39 is 6.10 Å². The Kier molecular flexibility index (Phi) is 4.50. The zero-order valence-electron chi connectivity index (χ0n) is 9.94. The van der Waals surface area contributed by atoms with E-state index in [1.54, 1.807) is 6.21 Å². The first kappa shape index (κ1) is 12.3. The second-order valence-corrected chi connectivity index (χ2v) is 3.83. The van der Waals surface area contributed by atoms with Crippen LogP contribution in [-0.4, -0.2) is 17.9 Å². The van der Waals surface area contributed by atoms with Gasteiger partial charge in [0.15, 0.2) is 6.10 Å². The number of benzene rings is 2. The highest BCUT2D eigenvalue weighted by Crippen LogP contribution is 2.16. The summed E-state index contributed by atoms with van der Waals surface area (Å²) in [5.74, 6) is 0. The van der Waals surface area contributed by atoms with E-state index in [0.29, 0.717) is 0 Å². The molecular formula is C15H15NO2. The van der Waals surface area contributed by atoms with Crippen molar-refractivity contribution in [1.82, 2.24) is 0 Å². The minimum atomic E-state index is -0.425. The second-order valence-electron chi connectivity index (χ2n) is 3.83. The normalized spacial score (nSPS) is 12.5. The van der Waals surface area contributed by atoms with Crippen molar-refractivity contribution >= 4 is 6.21 Å². The van der Waals surface area contributed by atoms with E-state index >= 15 is 0 Å². The Morgan fingerprint density at radius 3 is 2.22 bits per heavy atom. The van der Waals surface area contributed by atoms with E-state index in [1.165, 1.54) is 0 Å². The summed E-state index contributed by atoms with van der Waals surface area (Å²) in [6, 6.07) is 19.2. The van der Waals surface area contributed by atoms with Gasteiger partial charge in [-0.3, -0.25) is 0 Å². The van der Waals surface area contributed by atoms with Gasteiger partial charge in [0.05, 0.1) is 12.8 Å². The third kappa shape index (κ3) is 3.43. The van der Waals surface area contributed by atoms with E-state index in [0.717, 1.165) is 11.1 Å². The summed E-state index contributed by atoms with van der Waals surface area (Å²) in [5, 5.41) is 13.2. The Bertz CT molecular complexity index is 482. The molecule has 3 nitrogen and oxygen atoms in total.